The lowest BCUT2D eigenvalue weighted by molar-refractivity contribution is -0.153. The molecule has 1 aromatic carbocycles. The van der Waals surface area contributed by atoms with Crippen molar-refractivity contribution in [2.45, 2.75) is 63.4 Å². The van der Waals surface area contributed by atoms with Crippen molar-refractivity contribution in [1.82, 2.24) is 29.7 Å². The van der Waals surface area contributed by atoms with Crippen LogP contribution in [0.4, 0.5) is 0 Å². The molecule has 41 heavy (non-hydrogen) atoms. The average molecular weight is 563 g/mol. The zero-order chi connectivity index (χ0) is 28.8. The maximum atomic E-state index is 14.5. The van der Waals surface area contributed by atoms with Crippen LogP contribution >= 0.6 is 0 Å². The Kier molecular flexibility index (Phi) is 7.19. The first-order valence-electron chi connectivity index (χ1n) is 14.7. The summed E-state index contributed by atoms with van der Waals surface area (Å²) in [7, 11) is 0. The molecule has 2 fully saturated rings. The van der Waals surface area contributed by atoms with Gasteiger partial charge in [0, 0.05) is 32.8 Å². The molecule has 1 unspecified atom stereocenters. The minimum atomic E-state index is -1.28. The van der Waals surface area contributed by atoms with Crippen LogP contribution in [0.15, 0.2) is 48.6 Å². The maximum absolute atomic E-state index is 14.5. The Hall–Kier alpha value is -3.57. The monoisotopic (exact) mass is 562 g/mol. The van der Waals surface area contributed by atoms with E-state index in [2.05, 4.69) is 10.3 Å². The molecule has 2 saturated heterocycles. The molecule has 6 rings (SSSR count). The summed E-state index contributed by atoms with van der Waals surface area (Å²) in [5, 5.41) is 17.8. The second-order valence-corrected chi connectivity index (χ2v) is 11.7. The van der Waals surface area contributed by atoms with Crippen molar-refractivity contribution in [1.29, 1.82) is 0 Å². The quantitative estimate of drug-likeness (QED) is 0.365. The fraction of sp³-hybridized carbons (Fsp3) is 0.567. The number of hydrogen-bond acceptors (Lipinski definition) is 7. The summed E-state index contributed by atoms with van der Waals surface area (Å²) < 4.78 is 8.56. The maximum Gasteiger partial charge on any atom is 0.250 e. The summed E-state index contributed by atoms with van der Waals surface area (Å²) in [6, 6.07) is 6.65. The highest BCUT2D eigenvalue weighted by Crippen LogP contribution is 2.57. The van der Waals surface area contributed by atoms with Gasteiger partial charge in [0.2, 0.25) is 11.8 Å². The van der Waals surface area contributed by atoms with Crippen LogP contribution in [0.3, 0.4) is 0 Å². The van der Waals surface area contributed by atoms with E-state index in [1.165, 1.54) is 0 Å². The number of nitrogens with zero attached hydrogens (tertiary/aromatic N) is 6. The molecule has 218 valence electrons. The molecule has 0 saturated carbocycles. The molecule has 4 aliphatic rings. The molecule has 1 aromatic heterocycles. The number of unbranched alkanes of at least 4 members (excludes halogenated alkanes) is 2. The molecule has 0 radical (unpaired) electrons. The third-order valence-corrected chi connectivity index (χ3v) is 9.00. The van der Waals surface area contributed by atoms with Gasteiger partial charge in [-0.15, -0.1) is 5.10 Å². The number of amides is 3. The third-order valence-electron chi connectivity index (χ3n) is 9.00. The molecule has 0 bridgehead atoms. The Labute approximate surface area is 239 Å². The van der Waals surface area contributed by atoms with Gasteiger partial charge in [-0.1, -0.05) is 48.6 Å². The number of carbonyl (C=O) groups excluding carboxylic acids is 3. The van der Waals surface area contributed by atoms with Gasteiger partial charge in [0.25, 0.3) is 5.91 Å². The molecule has 0 aliphatic carbocycles. The van der Waals surface area contributed by atoms with Gasteiger partial charge in [0.05, 0.1) is 23.0 Å². The van der Waals surface area contributed by atoms with Crippen molar-refractivity contribution in [3.8, 4) is 0 Å². The summed E-state index contributed by atoms with van der Waals surface area (Å²) in [4.78, 5) is 48.0. The van der Waals surface area contributed by atoms with Gasteiger partial charge in [0.15, 0.2) is 0 Å². The van der Waals surface area contributed by atoms with Crippen LogP contribution in [0.5, 0.6) is 0 Å². The third kappa shape index (κ3) is 4.37. The number of fused-ring (bicyclic) bond motifs is 3. The van der Waals surface area contributed by atoms with Gasteiger partial charge < -0.3 is 24.5 Å². The highest BCUT2D eigenvalue weighted by molar-refractivity contribution is 6.00. The Morgan fingerprint density at radius 3 is 2.54 bits per heavy atom. The number of likely N-dealkylation sites (tertiary alicyclic amines) is 1. The van der Waals surface area contributed by atoms with E-state index in [1.807, 2.05) is 62.4 Å². The number of ether oxygens (including phenoxy) is 1. The van der Waals surface area contributed by atoms with E-state index in [1.54, 1.807) is 19.4 Å². The Bertz CT molecular complexity index is 1400. The first-order valence-corrected chi connectivity index (χ1v) is 14.7. The standard InChI is InChI=1S/C30H38N6O5/c1-3-15-33-16-9-13-29(2)23(26(33)38)24-27(39)35(18-7-4-8-19-37)25-28(40)34(17-10-14-30(24,25)41-29)20-36-22-12-6-5-11-21(22)31-32-36/h5-6,9-14,23-25,37H,3-4,7-8,15-20H2,1-2H3/t23-,24-,25?,29+,30-/m0/s1. The van der Waals surface area contributed by atoms with Crippen molar-refractivity contribution < 1.29 is 24.2 Å². The van der Waals surface area contributed by atoms with Crippen LogP contribution in [-0.4, -0.2) is 103 Å². The molecule has 5 heterocycles. The van der Waals surface area contributed by atoms with Crippen molar-refractivity contribution in [3.63, 3.8) is 0 Å². The van der Waals surface area contributed by atoms with Crippen LogP contribution in [0.2, 0.25) is 0 Å². The lowest BCUT2D eigenvalue weighted by atomic mass is 9.74. The van der Waals surface area contributed by atoms with E-state index in [-0.39, 0.29) is 31.0 Å². The number of carbonyl (C=O) groups is 3. The predicted octanol–water partition coefficient (Wildman–Crippen LogP) is 1.73. The van der Waals surface area contributed by atoms with Crippen molar-refractivity contribution in [2.24, 2.45) is 11.8 Å². The number of para-hydroxylation sites is 1. The second-order valence-electron chi connectivity index (χ2n) is 11.7. The molecular weight excluding hydrogens is 524 g/mol. The van der Waals surface area contributed by atoms with E-state index < -0.39 is 29.1 Å². The van der Waals surface area contributed by atoms with Crippen molar-refractivity contribution in [3.05, 3.63) is 48.6 Å². The number of rotatable bonds is 9. The Balaban J connectivity index is 1.39. The van der Waals surface area contributed by atoms with Crippen molar-refractivity contribution >= 4 is 28.8 Å². The van der Waals surface area contributed by atoms with Gasteiger partial charge in [-0.2, -0.15) is 0 Å². The van der Waals surface area contributed by atoms with E-state index in [9.17, 15) is 19.5 Å². The normalized spacial score (nSPS) is 31.0. The fourth-order valence-electron chi connectivity index (χ4n) is 7.21. The molecule has 2 aromatic rings. The van der Waals surface area contributed by atoms with Crippen LogP contribution < -0.4 is 0 Å². The lowest BCUT2D eigenvalue weighted by Crippen LogP contribution is -2.56. The van der Waals surface area contributed by atoms with Gasteiger partial charge in [0.1, 0.15) is 23.8 Å². The predicted molar refractivity (Wildman–Crippen MR) is 150 cm³/mol. The lowest BCUT2D eigenvalue weighted by Gasteiger charge is -2.37. The number of aliphatic hydroxyl groups excluding tert-OH is 1. The molecule has 11 nitrogen and oxygen atoms in total. The van der Waals surface area contributed by atoms with E-state index in [0.29, 0.717) is 39.0 Å². The van der Waals surface area contributed by atoms with Crippen LogP contribution in [0.1, 0.15) is 39.5 Å². The van der Waals surface area contributed by atoms with Gasteiger partial charge in [-0.3, -0.25) is 14.4 Å². The van der Waals surface area contributed by atoms with Gasteiger partial charge in [-0.25, -0.2) is 4.68 Å². The zero-order valence-corrected chi connectivity index (χ0v) is 23.7. The number of hydrogen-bond donors (Lipinski definition) is 1. The minimum absolute atomic E-state index is 0.0723. The van der Waals surface area contributed by atoms with Crippen molar-refractivity contribution in [2.75, 3.05) is 32.8 Å². The zero-order valence-electron chi connectivity index (χ0n) is 23.7. The molecule has 5 atom stereocenters. The number of aliphatic hydroxyl groups is 1. The summed E-state index contributed by atoms with van der Waals surface area (Å²) >= 11 is 0. The molecule has 11 heteroatoms. The minimum Gasteiger partial charge on any atom is -0.396 e. The molecular formula is C30H38N6O5. The van der Waals surface area contributed by atoms with Gasteiger partial charge >= 0.3 is 0 Å². The number of benzene rings is 1. The van der Waals surface area contributed by atoms with E-state index in [0.717, 1.165) is 23.9 Å². The summed E-state index contributed by atoms with van der Waals surface area (Å²) in [5.74, 6) is -2.13. The smallest absolute Gasteiger partial charge is 0.250 e. The Morgan fingerprint density at radius 2 is 1.73 bits per heavy atom. The highest BCUT2D eigenvalue weighted by atomic mass is 16.5. The molecule has 4 aliphatic heterocycles. The summed E-state index contributed by atoms with van der Waals surface area (Å²) in [6.07, 6.45) is 10.4. The van der Waals surface area contributed by atoms with Gasteiger partial charge in [-0.05, 0) is 44.7 Å². The van der Waals surface area contributed by atoms with Crippen LogP contribution in [-0.2, 0) is 25.8 Å². The topological polar surface area (TPSA) is 121 Å². The van der Waals surface area contributed by atoms with Crippen LogP contribution in [0.25, 0.3) is 11.0 Å². The SMILES string of the molecule is CCCN1CC=C[C@@]2(C)O[C@]34C=CCN(Cn5nnc6ccccc65)C(=O)C3N(CCCCCO)C(=O)[C@@H]4[C@H]2C1=O. The second kappa shape index (κ2) is 10.7. The Morgan fingerprint density at radius 1 is 0.951 bits per heavy atom. The molecule has 1 N–H and O–H groups in total. The molecule has 1 spiro atoms. The highest BCUT2D eigenvalue weighted by Gasteiger charge is 2.74. The largest absolute Gasteiger partial charge is 0.396 e. The summed E-state index contributed by atoms with van der Waals surface area (Å²) in [5.41, 5.74) is -0.761. The van der Waals surface area contributed by atoms with E-state index >= 15 is 0 Å². The average Bonchev–Trinajstić information content (AvgIpc) is 3.49. The van der Waals surface area contributed by atoms with E-state index in [4.69, 9.17) is 4.74 Å². The first kappa shape index (κ1) is 27.6. The fourth-order valence-corrected chi connectivity index (χ4v) is 7.21. The number of aromatic nitrogens is 3. The van der Waals surface area contributed by atoms with Crippen LogP contribution in [0, 0.1) is 11.8 Å². The summed E-state index contributed by atoms with van der Waals surface area (Å²) in [6.45, 7) is 5.84. The first-order chi connectivity index (χ1) is 19.8. The molecule has 3 amide bonds.